The third-order valence-corrected chi connectivity index (χ3v) is 8.06. The number of benzene rings is 4. The predicted molar refractivity (Wildman–Crippen MR) is 139 cm³/mol. The summed E-state index contributed by atoms with van der Waals surface area (Å²) in [4.78, 5) is 13.3. The third-order valence-electron chi connectivity index (χ3n) is 6.52. The number of anilines is 1. The van der Waals surface area contributed by atoms with Gasteiger partial charge in [0.05, 0.1) is 16.0 Å². The Labute approximate surface area is 222 Å². The number of fused-ring (bicyclic) bond motifs is 1. The highest BCUT2D eigenvalue weighted by molar-refractivity contribution is 7.89. The molecule has 1 aliphatic rings. The van der Waals surface area contributed by atoms with Crippen LogP contribution in [0.4, 0.5) is 23.2 Å². The number of amides is 1. The Hall–Kier alpha value is -4.02. The molecule has 5 nitrogen and oxygen atoms in total. The molecule has 4 aromatic rings. The van der Waals surface area contributed by atoms with Crippen molar-refractivity contribution in [3.05, 3.63) is 119 Å². The van der Waals surface area contributed by atoms with Gasteiger partial charge in [0, 0.05) is 11.7 Å². The van der Waals surface area contributed by atoms with Crippen molar-refractivity contribution in [3.8, 4) is 11.1 Å². The molecule has 0 saturated heterocycles. The molecule has 1 aliphatic carbocycles. The molecule has 5 rings (SSSR count). The summed E-state index contributed by atoms with van der Waals surface area (Å²) < 4.78 is 81.1. The maximum Gasteiger partial charge on any atom is 0.416 e. The first-order valence-electron chi connectivity index (χ1n) is 12.0. The van der Waals surface area contributed by atoms with Gasteiger partial charge >= 0.3 is 6.18 Å². The van der Waals surface area contributed by atoms with Crippen LogP contribution in [0, 0.1) is 5.82 Å². The van der Waals surface area contributed by atoms with E-state index in [1.54, 1.807) is 36.4 Å². The van der Waals surface area contributed by atoms with Gasteiger partial charge in [-0.1, -0.05) is 42.5 Å². The van der Waals surface area contributed by atoms with Crippen LogP contribution in [0.1, 0.15) is 27.0 Å². The van der Waals surface area contributed by atoms with E-state index in [1.807, 2.05) is 0 Å². The third kappa shape index (κ3) is 5.86. The van der Waals surface area contributed by atoms with Crippen LogP contribution in [0.15, 0.2) is 95.9 Å². The molecular weight excluding hydrogens is 532 g/mol. The van der Waals surface area contributed by atoms with Crippen molar-refractivity contribution >= 4 is 21.6 Å². The molecular formula is C29H22F4N2O3S. The number of halogens is 4. The number of carbonyl (C=O) groups excluding carboxylic acids is 1. The number of sulfonamides is 1. The highest BCUT2D eigenvalue weighted by atomic mass is 32.2. The molecule has 1 amide bonds. The zero-order chi connectivity index (χ0) is 27.8. The predicted octanol–water partition coefficient (Wildman–Crippen LogP) is 6.21. The second kappa shape index (κ2) is 10.3. The van der Waals surface area contributed by atoms with Gasteiger partial charge in [-0.25, -0.2) is 17.5 Å². The van der Waals surface area contributed by atoms with Crippen molar-refractivity contribution in [2.75, 3.05) is 5.32 Å². The van der Waals surface area contributed by atoms with Crippen molar-refractivity contribution in [1.29, 1.82) is 0 Å². The van der Waals surface area contributed by atoms with Crippen LogP contribution >= 0.6 is 0 Å². The smallest absolute Gasteiger partial charge is 0.322 e. The molecule has 0 heterocycles. The van der Waals surface area contributed by atoms with Gasteiger partial charge in [-0.3, -0.25) is 4.79 Å². The zero-order valence-electron chi connectivity index (χ0n) is 20.3. The molecule has 4 aromatic carbocycles. The Morgan fingerprint density at radius 1 is 0.821 bits per heavy atom. The van der Waals surface area contributed by atoms with E-state index < -0.39 is 33.5 Å². The second-order valence-electron chi connectivity index (χ2n) is 9.24. The Balaban J connectivity index is 1.33. The Bertz CT molecular complexity index is 1640. The molecule has 1 atom stereocenters. The van der Waals surface area contributed by atoms with Crippen LogP contribution < -0.4 is 10.0 Å². The second-order valence-corrected chi connectivity index (χ2v) is 11.0. The monoisotopic (exact) mass is 554 g/mol. The minimum Gasteiger partial charge on any atom is -0.322 e. The molecule has 0 spiro atoms. The molecule has 39 heavy (non-hydrogen) atoms. The summed E-state index contributed by atoms with van der Waals surface area (Å²) in [6.07, 6.45) is -3.60. The Morgan fingerprint density at radius 3 is 2.21 bits per heavy atom. The lowest BCUT2D eigenvalue weighted by molar-refractivity contribution is -0.137. The fourth-order valence-electron chi connectivity index (χ4n) is 4.66. The quantitative estimate of drug-likeness (QED) is 0.279. The Kier molecular flexibility index (Phi) is 7.00. The highest BCUT2D eigenvalue weighted by Crippen LogP contribution is 2.33. The number of alkyl halides is 3. The average molecular weight is 555 g/mol. The highest BCUT2D eigenvalue weighted by Gasteiger charge is 2.30. The molecule has 2 N–H and O–H groups in total. The standard InChI is InChI=1S/C29H22F4N2O3S/c30-22-11-13-26(18-6-9-21(10-7-18)29(31,32)33)27(17-22)28(36)34-23-12-8-19-14-24(16-20(19)15-23)35-39(37,38)25-4-2-1-3-5-25/h1-13,15,17,24,35H,14,16H2,(H,34,36). The largest absolute Gasteiger partial charge is 0.416 e. The average Bonchev–Trinajstić information content (AvgIpc) is 3.29. The van der Waals surface area contributed by atoms with Gasteiger partial charge in [-0.2, -0.15) is 13.2 Å². The molecule has 0 bridgehead atoms. The van der Waals surface area contributed by atoms with E-state index in [2.05, 4.69) is 10.0 Å². The van der Waals surface area contributed by atoms with Crippen molar-refractivity contribution in [2.24, 2.45) is 0 Å². The lowest BCUT2D eigenvalue weighted by Crippen LogP contribution is -2.35. The normalized spacial score (nSPS) is 15.1. The van der Waals surface area contributed by atoms with Crippen molar-refractivity contribution in [3.63, 3.8) is 0 Å². The van der Waals surface area contributed by atoms with Crippen LogP contribution in [0.2, 0.25) is 0 Å². The fraction of sp³-hybridized carbons (Fsp3) is 0.138. The molecule has 200 valence electrons. The molecule has 0 fully saturated rings. The van der Waals surface area contributed by atoms with Gasteiger partial charge in [0.15, 0.2) is 0 Å². The van der Waals surface area contributed by atoms with Gasteiger partial charge < -0.3 is 5.32 Å². The number of nitrogens with one attached hydrogen (secondary N) is 2. The molecule has 0 aliphatic heterocycles. The van der Waals surface area contributed by atoms with Crippen LogP contribution in [0.5, 0.6) is 0 Å². The minimum atomic E-state index is -4.50. The summed E-state index contributed by atoms with van der Waals surface area (Å²) in [6, 6.07) is 20.7. The van der Waals surface area contributed by atoms with E-state index in [0.29, 0.717) is 24.1 Å². The van der Waals surface area contributed by atoms with Gasteiger partial charge in [-0.05, 0) is 83.6 Å². The van der Waals surface area contributed by atoms with Crippen LogP contribution in [-0.4, -0.2) is 20.4 Å². The summed E-state index contributed by atoms with van der Waals surface area (Å²) in [5.74, 6) is -1.30. The first kappa shape index (κ1) is 26.6. The minimum absolute atomic E-state index is 0.0382. The summed E-state index contributed by atoms with van der Waals surface area (Å²) in [7, 11) is -3.69. The van der Waals surface area contributed by atoms with E-state index in [0.717, 1.165) is 35.4 Å². The van der Waals surface area contributed by atoms with Gasteiger partial charge in [-0.15, -0.1) is 0 Å². The first-order chi connectivity index (χ1) is 18.5. The summed E-state index contributed by atoms with van der Waals surface area (Å²) in [5.41, 5.74) is 1.95. The lowest BCUT2D eigenvalue weighted by atomic mass is 9.97. The Morgan fingerprint density at radius 2 is 1.51 bits per heavy atom. The van der Waals surface area contributed by atoms with E-state index in [-0.39, 0.29) is 22.1 Å². The van der Waals surface area contributed by atoms with E-state index >= 15 is 0 Å². The molecule has 0 saturated carbocycles. The molecule has 10 heteroatoms. The van der Waals surface area contributed by atoms with Gasteiger partial charge in [0.25, 0.3) is 5.91 Å². The van der Waals surface area contributed by atoms with Crippen molar-refractivity contribution < 1.29 is 30.8 Å². The lowest BCUT2D eigenvalue weighted by Gasteiger charge is -2.13. The number of rotatable bonds is 6. The fourth-order valence-corrected chi connectivity index (χ4v) is 5.92. The SMILES string of the molecule is O=C(Nc1ccc2c(c1)CC(NS(=O)(=O)c1ccccc1)C2)c1cc(F)ccc1-c1ccc(C(F)(F)F)cc1. The summed E-state index contributed by atoms with van der Waals surface area (Å²) >= 11 is 0. The molecule has 1 unspecified atom stereocenters. The van der Waals surface area contributed by atoms with Crippen LogP contribution in [-0.2, 0) is 29.0 Å². The summed E-state index contributed by atoms with van der Waals surface area (Å²) in [6.45, 7) is 0. The first-order valence-corrected chi connectivity index (χ1v) is 13.5. The molecule has 0 aromatic heterocycles. The van der Waals surface area contributed by atoms with Crippen molar-refractivity contribution in [2.45, 2.75) is 30.0 Å². The van der Waals surface area contributed by atoms with Crippen LogP contribution in [0.3, 0.4) is 0 Å². The molecule has 0 radical (unpaired) electrons. The van der Waals surface area contributed by atoms with Gasteiger partial charge in [0.1, 0.15) is 5.82 Å². The zero-order valence-corrected chi connectivity index (χ0v) is 21.1. The number of carbonyl (C=O) groups is 1. The maximum atomic E-state index is 14.1. The number of hydrogen-bond donors (Lipinski definition) is 2. The van der Waals surface area contributed by atoms with E-state index in [4.69, 9.17) is 0 Å². The maximum absolute atomic E-state index is 14.1. The van der Waals surface area contributed by atoms with E-state index in [9.17, 15) is 30.8 Å². The van der Waals surface area contributed by atoms with Gasteiger partial charge in [0.2, 0.25) is 10.0 Å². The number of hydrogen-bond acceptors (Lipinski definition) is 3. The topological polar surface area (TPSA) is 75.3 Å². The van der Waals surface area contributed by atoms with E-state index in [1.165, 1.54) is 30.3 Å². The summed E-state index contributed by atoms with van der Waals surface area (Å²) in [5, 5.41) is 2.73. The van der Waals surface area contributed by atoms with Crippen molar-refractivity contribution in [1.82, 2.24) is 4.72 Å². The van der Waals surface area contributed by atoms with Crippen LogP contribution in [0.25, 0.3) is 11.1 Å².